The van der Waals surface area contributed by atoms with Crippen LogP contribution in [0.4, 0.5) is 10.5 Å². The summed E-state index contributed by atoms with van der Waals surface area (Å²) in [5.41, 5.74) is 6.48. The number of anilines is 1. The Labute approximate surface area is 140 Å². The van der Waals surface area contributed by atoms with Crippen LogP contribution in [0.3, 0.4) is 0 Å². The first-order valence-electron chi connectivity index (χ1n) is 7.54. The first kappa shape index (κ1) is 17.3. The number of nitrogens with two attached hydrogens (primary N) is 1. The summed E-state index contributed by atoms with van der Waals surface area (Å²) in [5, 5.41) is 9.53. The minimum absolute atomic E-state index is 0.0396. The Morgan fingerprint density at radius 2 is 2.12 bits per heavy atom. The van der Waals surface area contributed by atoms with E-state index in [4.69, 9.17) is 10.5 Å². The number of nitrogens with one attached hydrogen (secondary N) is 2. The first-order valence-corrected chi connectivity index (χ1v) is 7.54. The molecule has 0 saturated carbocycles. The molecule has 0 aliphatic rings. The largest absolute Gasteiger partial charge is 0.496 e. The number of methoxy groups -OCH3 is 1. The number of carbonyl (C=O) groups excluding carboxylic acids is 2. The van der Waals surface area contributed by atoms with Gasteiger partial charge in [-0.25, -0.2) is 4.79 Å². The van der Waals surface area contributed by atoms with E-state index in [9.17, 15) is 9.59 Å². The summed E-state index contributed by atoms with van der Waals surface area (Å²) in [6, 6.07) is 6.98. The summed E-state index contributed by atoms with van der Waals surface area (Å²) in [5.74, 6) is 0.218. The molecule has 8 heteroatoms. The van der Waals surface area contributed by atoms with Gasteiger partial charge >= 0.3 is 6.03 Å². The summed E-state index contributed by atoms with van der Waals surface area (Å²) in [6.45, 7) is 1.93. The zero-order valence-electron chi connectivity index (χ0n) is 13.7. The van der Waals surface area contributed by atoms with Crippen LogP contribution < -0.4 is 21.1 Å². The summed E-state index contributed by atoms with van der Waals surface area (Å²) in [7, 11) is 1.60. The smallest absolute Gasteiger partial charge is 0.319 e. The van der Waals surface area contributed by atoms with Crippen LogP contribution in [0.2, 0.25) is 0 Å². The van der Waals surface area contributed by atoms with Crippen molar-refractivity contribution in [1.82, 2.24) is 15.1 Å². The number of aromatic nitrogens is 2. The molecule has 0 aliphatic heterocycles. The number of para-hydroxylation sites is 1. The van der Waals surface area contributed by atoms with E-state index in [1.807, 2.05) is 31.2 Å². The molecule has 0 fully saturated rings. The number of primary amides is 1. The van der Waals surface area contributed by atoms with Gasteiger partial charge in [-0.2, -0.15) is 5.10 Å². The van der Waals surface area contributed by atoms with Gasteiger partial charge in [0.2, 0.25) is 5.91 Å². The highest BCUT2D eigenvalue weighted by molar-refractivity contribution is 5.89. The molecule has 1 heterocycles. The number of carbonyl (C=O) groups is 2. The standard InChI is InChI=1S/C16H21N5O3/c1-3-13(12-6-4-5-7-14(12)24-2)20-16(23)19-11-8-18-21(9-11)10-15(17)22/h4-9,13H,3,10H2,1-2H3,(H2,17,22)(H2,19,20,23)/t13-/m0/s1. The Balaban J connectivity index is 2.01. The summed E-state index contributed by atoms with van der Waals surface area (Å²) in [6.07, 6.45) is 3.69. The Kier molecular flexibility index (Phi) is 5.78. The highest BCUT2D eigenvalue weighted by Crippen LogP contribution is 2.26. The molecule has 4 N–H and O–H groups in total. The molecule has 24 heavy (non-hydrogen) atoms. The van der Waals surface area contributed by atoms with Crippen molar-refractivity contribution in [3.05, 3.63) is 42.2 Å². The Morgan fingerprint density at radius 3 is 2.79 bits per heavy atom. The van der Waals surface area contributed by atoms with Crippen LogP contribution in [0, 0.1) is 0 Å². The molecule has 0 spiro atoms. The van der Waals surface area contributed by atoms with E-state index in [0.717, 1.165) is 11.3 Å². The Bertz CT molecular complexity index is 713. The normalized spacial score (nSPS) is 11.6. The molecule has 8 nitrogen and oxygen atoms in total. The summed E-state index contributed by atoms with van der Waals surface area (Å²) in [4.78, 5) is 23.0. The maximum Gasteiger partial charge on any atom is 0.319 e. The van der Waals surface area contributed by atoms with Crippen LogP contribution in [0.1, 0.15) is 24.9 Å². The first-order chi connectivity index (χ1) is 11.5. The van der Waals surface area contributed by atoms with Crippen LogP contribution in [0.5, 0.6) is 5.75 Å². The lowest BCUT2D eigenvalue weighted by molar-refractivity contribution is -0.118. The van der Waals surface area contributed by atoms with Gasteiger partial charge in [0.25, 0.3) is 0 Å². The van der Waals surface area contributed by atoms with Crippen molar-refractivity contribution in [1.29, 1.82) is 0 Å². The number of hydrogen-bond donors (Lipinski definition) is 3. The lowest BCUT2D eigenvalue weighted by Gasteiger charge is -2.19. The molecule has 128 valence electrons. The van der Waals surface area contributed by atoms with Crippen LogP contribution in [-0.4, -0.2) is 28.8 Å². The van der Waals surface area contributed by atoms with Gasteiger partial charge in [-0.1, -0.05) is 25.1 Å². The fourth-order valence-electron chi connectivity index (χ4n) is 2.35. The van der Waals surface area contributed by atoms with E-state index in [0.29, 0.717) is 12.1 Å². The van der Waals surface area contributed by atoms with E-state index in [1.54, 1.807) is 7.11 Å². The highest BCUT2D eigenvalue weighted by atomic mass is 16.5. The van der Waals surface area contributed by atoms with Gasteiger partial charge < -0.3 is 21.1 Å². The van der Waals surface area contributed by atoms with Gasteiger partial charge in [0, 0.05) is 11.8 Å². The molecule has 1 aromatic carbocycles. The molecule has 0 saturated heterocycles. The van der Waals surface area contributed by atoms with Crippen LogP contribution in [0.25, 0.3) is 0 Å². The lowest BCUT2D eigenvalue weighted by atomic mass is 10.0. The van der Waals surface area contributed by atoms with Crippen molar-refractivity contribution in [2.75, 3.05) is 12.4 Å². The highest BCUT2D eigenvalue weighted by Gasteiger charge is 2.16. The molecule has 2 rings (SSSR count). The van der Waals surface area contributed by atoms with Gasteiger partial charge in [0.1, 0.15) is 12.3 Å². The monoisotopic (exact) mass is 331 g/mol. The van der Waals surface area contributed by atoms with Crippen molar-refractivity contribution >= 4 is 17.6 Å². The van der Waals surface area contributed by atoms with Crippen molar-refractivity contribution < 1.29 is 14.3 Å². The summed E-state index contributed by atoms with van der Waals surface area (Å²) < 4.78 is 6.70. The molecule has 1 atom stereocenters. The number of rotatable bonds is 7. The third-order valence-electron chi connectivity index (χ3n) is 3.44. The number of ether oxygens (including phenoxy) is 1. The molecular weight excluding hydrogens is 310 g/mol. The molecule has 0 aliphatic carbocycles. The lowest BCUT2D eigenvalue weighted by Crippen LogP contribution is -2.32. The topological polar surface area (TPSA) is 111 Å². The second kappa shape index (κ2) is 8.00. The third-order valence-corrected chi connectivity index (χ3v) is 3.44. The van der Waals surface area contributed by atoms with Crippen molar-refractivity contribution in [2.45, 2.75) is 25.9 Å². The number of benzene rings is 1. The van der Waals surface area contributed by atoms with E-state index in [-0.39, 0.29) is 18.6 Å². The van der Waals surface area contributed by atoms with Crippen LogP contribution in [0.15, 0.2) is 36.7 Å². The number of nitrogens with zero attached hydrogens (tertiary/aromatic N) is 2. The zero-order valence-corrected chi connectivity index (χ0v) is 13.7. The summed E-state index contributed by atoms with van der Waals surface area (Å²) >= 11 is 0. The van der Waals surface area contributed by atoms with E-state index in [1.165, 1.54) is 17.1 Å². The second-order valence-corrected chi connectivity index (χ2v) is 5.19. The second-order valence-electron chi connectivity index (χ2n) is 5.19. The maximum atomic E-state index is 12.2. The third kappa shape index (κ3) is 4.48. The molecule has 3 amide bonds. The van der Waals surface area contributed by atoms with Crippen molar-refractivity contribution in [3.8, 4) is 5.75 Å². The van der Waals surface area contributed by atoms with Crippen molar-refractivity contribution in [3.63, 3.8) is 0 Å². The fourth-order valence-corrected chi connectivity index (χ4v) is 2.35. The molecule has 0 bridgehead atoms. The Hall–Kier alpha value is -3.03. The molecule has 2 aromatic rings. The van der Waals surface area contributed by atoms with Crippen LogP contribution in [-0.2, 0) is 11.3 Å². The quantitative estimate of drug-likeness (QED) is 0.716. The van der Waals surface area contributed by atoms with Gasteiger partial charge in [0.05, 0.1) is 25.0 Å². The molecule has 1 aromatic heterocycles. The average Bonchev–Trinajstić information content (AvgIpc) is 2.98. The van der Waals surface area contributed by atoms with Gasteiger partial charge in [-0.3, -0.25) is 9.48 Å². The number of amides is 3. The zero-order chi connectivity index (χ0) is 17.5. The number of urea groups is 1. The fraction of sp³-hybridized carbons (Fsp3) is 0.312. The van der Waals surface area contributed by atoms with E-state index < -0.39 is 5.91 Å². The van der Waals surface area contributed by atoms with E-state index in [2.05, 4.69) is 15.7 Å². The average molecular weight is 331 g/mol. The molecule has 0 unspecified atom stereocenters. The number of hydrogen-bond acceptors (Lipinski definition) is 4. The predicted octanol–water partition coefficient (Wildman–Crippen LogP) is 1.65. The minimum atomic E-state index is -0.503. The SMILES string of the molecule is CC[C@H](NC(=O)Nc1cnn(CC(N)=O)c1)c1ccccc1OC. The maximum absolute atomic E-state index is 12.2. The Morgan fingerprint density at radius 1 is 1.38 bits per heavy atom. The van der Waals surface area contributed by atoms with Gasteiger partial charge in [-0.15, -0.1) is 0 Å². The molecular formula is C16H21N5O3. The van der Waals surface area contributed by atoms with E-state index >= 15 is 0 Å². The molecule has 0 radical (unpaired) electrons. The van der Waals surface area contributed by atoms with Gasteiger partial charge in [0.15, 0.2) is 0 Å². The van der Waals surface area contributed by atoms with Gasteiger partial charge in [-0.05, 0) is 12.5 Å². The minimum Gasteiger partial charge on any atom is -0.496 e. The predicted molar refractivity (Wildman–Crippen MR) is 89.6 cm³/mol. The van der Waals surface area contributed by atoms with Crippen LogP contribution >= 0.6 is 0 Å². The van der Waals surface area contributed by atoms with Crippen molar-refractivity contribution in [2.24, 2.45) is 5.73 Å².